The zero-order chi connectivity index (χ0) is 16.8. The predicted molar refractivity (Wildman–Crippen MR) is 80.0 cm³/mol. The fourth-order valence-electron chi connectivity index (χ4n) is 1.62. The summed E-state index contributed by atoms with van der Waals surface area (Å²) in [6, 6.07) is 3.30. The first kappa shape index (κ1) is 18.2. The average molecular weight is 350 g/mol. The highest BCUT2D eigenvalue weighted by molar-refractivity contribution is 7.89. The van der Waals surface area contributed by atoms with E-state index in [1.54, 1.807) is 0 Å². The second-order valence-corrected chi connectivity index (χ2v) is 6.55. The summed E-state index contributed by atoms with van der Waals surface area (Å²) in [5.41, 5.74) is 4.87. The number of carboxylic acid groups (broad SMARTS) is 1. The number of carbonyl (C=O) groups excluding carboxylic acids is 1. The molecule has 5 N–H and O–H groups in total. The first-order valence-corrected chi connectivity index (χ1v) is 8.12. The Morgan fingerprint density at radius 1 is 1.27 bits per heavy atom. The molecule has 10 heteroatoms. The zero-order valence-corrected chi connectivity index (χ0v) is 13.0. The molecular weight excluding hydrogens is 334 g/mol. The number of primary amides is 1. The molecule has 0 fully saturated rings. The van der Waals surface area contributed by atoms with Crippen molar-refractivity contribution in [2.24, 2.45) is 5.73 Å². The molecule has 0 heterocycles. The molecule has 2 amide bonds. The maximum absolute atomic E-state index is 12.1. The minimum absolute atomic E-state index is 0.00241. The lowest BCUT2D eigenvalue weighted by molar-refractivity contribution is -0.139. The summed E-state index contributed by atoms with van der Waals surface area (Å²) in [5, 5.41) is 11.7. The molecule has 122 valence electrons. The Morgan fingerprint density at radius 3 is 2.36 bits per heavy atom. The highest BCUT2D eigenvalue weighted by Crippen LogP contribution is 2.15. The van der Waals surface area contributed by atoms with E-state index in [1.165, 1.54) is 24.3 Å². The number of aliphatic carboxylic acids is 1. The Hall–Kier alpha value is -1.84. The molecule has 1 aromatic carbocycles. The molecule has 1 aromatic rings. The summed E-state index contributed by atoms with van der Waals surface area (Å²) in [6.07, 6.45) is 0.255. The van der Waals surface area contributed by atoms with Crippen LogP contribution in [0.25, 0.3) is 0 Å². The summed E-state index contributed by atoms with van der Waals surface area (Å²) in [4.78, 5) is 21.5. The van der Waals surface area contributed by atoms with Gasteiger partial charge in [-0.3, -0.25) is 4.79 Å². The van der Waals surface area contributed by atoms with Gasteiger partial charge in [-0.2, -0.15) is 4.72 Å². The summed E-state index contributed by atoms with van der Waals surface area (Å²) in [5.74, 6) is -1.31. The molecule has 0 unspecified atom stereocenters. The quantitative estimate of drug-likeness (QED) is 0.507. The van der Waals surface area contributed by atoms with Gasteiger partial charge in [0.05, 0.1) is 4.90 Å². The van der Waals surface area contributed by atoms with Crippen molar-refractivity contribution in [1.82, 2.24) is 10.0 Å². The van der Waals surface area contributed by atoms with E-state index < -0.39 is 28.1 Å². The highest BCUT2D eigenvalue weighted by Gasteiger charge is 2.24. The number of urea groups is 1. The van der Waals surface area contributed by atoms with E-state index in [1.807, 2.05) is 0 Å². The third-order valence-electron chi connectivity index (χ3n) is 2.69. The van der Waals surface area contributed by atoms with Crippen LogP contribution in [0.3, 0.4) is 0 Å². The molecule has 0 aliphatic heterocycles. The molecule has 0 bridgehead atoms. The van der Waals surface area contributed by atoms with Crippen LogP contribution in [0.5, 0.6) is 0 Å². The van der Waals surface area contributed by atoms with Gasteiger partial charge in [0.25, 0.3) is 0 Å². The summed E-state index contributed by atoms with van der Waals surface area (Å²) < 4.78 is 26.3. The molecule has 0 aromatic heterocycles. The molecular formula is C12H16ClN3O5S. The summed E-state index contributed by atoms with van der Waals surface area (Å²) in [7, 11) is -3.98. The first-order chi connectivity index (χ1) is 10.2. The number of sulfonamides is 1. The van der Waals surface area contributed by atoms with Gasteiger partial charge in [-0.05, 0) is 37.1 Å². The number of rotatable bonds is 8. The van der Waals surface area contributed by atoms with Gasteiger partial charge >= 0.3 is 12.0 Å². The smallest absolute Gasteiger partial charge is 0.321 e. The second kappa shape index (κ2) is 7.97. The second-order valence-electron chi connectivity index (χ2n) is 4.40. The molecule has 1 atom stereocenters. The number of hydrogen-bond acceptors (Lipinski definition) is 4. The molecule has 8 nitrogen and oxygen atoms in total. The van der Waals surface area contributed by atoms with Crippen LogP contribution in [0.15, 0.2) is 29.2 Å². The standard InChI is InChI=1S/C12H16ClN3O5S/c13-8-3-5-9(6-4-8)22(20,21)16-10(11(17)18)2-1-7-15-12(14)19/h3-6,10,16H,1-2,7H2,(H,17,18)(H3,14,15,19)/t10-/m1/s1. The Balaban J connectivity index is 2.71. The number of carbonyl (C=O) groups is 2. The van der Waals surface area contributed by atoms with Gasteiger partial charge in [0.15, 0.2) is 0 Å². The Kier molecular flexibility index (Phi) is 6.60. The maximum atomic E-state index is 12.1. The van der Waals surface area contributed by atoms with Crippen molar-refractivity contribution in [2.45, 2.75) is 23.8 Å². The van der Waals surface area contributed by atoms with E-state index >= 15 is 0 Å². The van der Waals surface area contributed by atoms with Crippen molar-refractivity contribution < 1.29 is 23.1 Å². The fourth-order valence-corrected chi connectivity index (χ4v) is 2.97. The third-order valence-corrected chi connectivity index (χ3v) is 4.43. The molecule has 22 heavy (non-hydrogen) atoms. The van der Waals surface area contributed by atoms with E-state index in [4.69, 9.17) is 22.4 Å². The van der Waals surface area contributed by atoms with Crippen LogP contribution < -0.4 is 15.8 Å². The Labute approximate surface area is 132 Å². The van der Waals surface area contributed by atoms with Crippen LogP contribution >= 0.6 is 11.6 Å². The van der Waals surface area contributed by atoms with Crippen molar-refractivity contribution >= 4 is 33.6 Å². The van der Waals surface area contributed by atoms with Crippen molar-refractivity contribution in [3.63, 3.8) is 0 Å². The number of halogens is 1. The Bertz CT molecular complexity index is 633. The topological polar surface area (TPSA) is 139 Å². The number of benzene rings is 1. The Morgan fingerprint density at radius 2 is 1.86 bits per heavy atom. The fraction of sp³-hybridized carbons (Fsp3) is 0.333. The normalized spacial score (nSPS) is 12.6. The van der Waals surface area contributed by atoms with Crippen LogP contribution in [0.2, 0.25) is 5.02 Å². The lowest BCUT2D eigenvalue weighted by Crippen LogP contribution is -2.41. The zero-order valence-electron chi connectivity index (χ0n) is 11.5. The van der Waals surface area contributed by atoms with Gasteiger partial charge < -0.3 is 16.2 Å². The van der Waals surface area contributed by atoms with Gasteiger partial charge in [-0.15, -0.1) is 0 Å². The molecule has 0 aliphatic carbocycles. The molecule has 0 aliphatic rings. The van der Waals surface area contributed by atoms with Gasteiger partial charge in [-0.25, -0.2) is 13.2 Å². The predicted octanol–water partition coefficient (Wildman–Crippen LogP) is 0.520. The SMILES string of the molecule is NC(=O)NCCC[C@@H](NS(=O)(=O)c1ccc(Cl)cc1)C(=O)O. The average Bonchev–Trinajstić information content (AvgIpc) is 2.42. The van der Waals surface area contributed by atoms with E-state index in [0.29, 0.717) is 5.02 Å². The molecule has 1 rings (SSSR count). The van der Waals surface area contributed by atoms with Gasteiger partial charge in [0.1, 0.15) is 6.04 Å². The largest absolute Gasteiger partial charge is 0.480 e. The van der Waals surface area contributed by atoms with Crippen LogP contribution in [-0.2, 0) is 14.8 Å². The van der Waals surface area contributed by atoms with E-state index in [0.717, 1.165) is 0 Å². The van der Waals surface area contributed by atoms with Crippen molar-refractivity contribution in [2.75, 3.05) is 6.54 Å². The van der Waals surface area contributed by atoms with Crippen LogP contribution in [0, 0.1) is 0 Å². The monoisotopic (exact) mass is 349 g/mol. The number of amides is 2. The lowest BCUT2D eigenvalue weighted by Gasteiger charge is -2.15. The minimum Gasteiger partial charge on any atom is -0.480 e. The molecule has 0 radical (unpaired) electrons. The van der Waals surface area contributed by atoms with E-state index in [9.17, 15) is 18.0 Å². The van der Waals surface area contributed by atoms with Crippen molar-refractivity contribution in [3.05, 3.63) is 29.3 Å². The molecule has 0 spiro atoms. The third kappa shape index (κ3) is 5.88. The van der Waals surface area contributed by atoms with E-state index in [-0.39, 0.29) is 24.3 Å². The van der Waals surface area contributed by atoms with Crippen LogP contribution in [0.1, 0.15) is 12.8 Å². The minimum atomic E-state index is -3.98. The van der Waals surface area contributed by atoms with E-state index in [2.05, 4.69) is 10.0 Å². The van der Waals surface area contributed by atoms with Crippen LogP contribution in [-0.4, -0.2) is 38.1 Å². The van der Waals surface area contributed by atoms with Crippen molar-refractivity contribution in [3.8, 4) is 0 Å². The van der Waals surface area contributed by atoms with Gasteiger partial charge in [0, 0.05) is 11.6 Å². The number of nitrogens with two attached hydrogens (primary N) is 1. The van der Waals surface area contributed by atoms with Gasteiger partial charge in [0.2, 0.25) is 10.0 Å². The number of nitrogens with one attached hydrogen (secondary N) is 2. The number of hydrogen-bond donors (Lipinski definition) is 4. The first-order valence-electron chi connectivity index (χ1n) is 6.26. The van der Waals surface area contributed by atoms with Crippen LogP contribution in [0.4, 0.5) is 4.79 Å². The van der Waals surface area contributed by atoms with Gasteiger partial charge in [-0.1, -0.05) is 11.6 Å². The highest BCUT2D eigenvalue weighted by atomic mass is 35.5. The summed E-state index contributed by atoms with van der Waals surface area (Å²) >= 11 is 5.67. The molecule has 0 saturated carbocycles. The van der Waals surface area contributed by atoms with Crippen molar-refractivity contribution in [1.29, 1.82) is 0 Å². The maximum Gasteiger partial charge on any atom is 0.321 e. The summed E-state index contributed by atoms with van der Waals surface area (Å²) in [6.45, 7) is 0.155. The lowest BCUT2D eigenvalue weighted by atomic mass is 10.2. The molecule has 0 saturated heterocycles. The number of carboxylic acids is 1.